The van der Waals surface area contributed by atoms with E-state index in [1.165, 1.54) is 0 Å². The fourth-order valence-electron chi connectivity index (χ4n) is 1.78. The van der Waals surface area contributed by atoms with E-state index < -0.39 is 0 Å². The van der Waals surface area contributed by atoms with Crippen LogP contribution < -0.4 is 5.43 Å². The molecule has 0 bridgehead atoms. The lowest BCUT2D eigenvalue weighted by Crippen LogP contribution is -2.45. The molecule has 2 aliphatic rings. The van der Waals surface area contributed by atoms with E-state index in [4.69, 9.17) is 9.31 Å². The van der Waals surface area contributed by atoms with Crippen molar-refractivity contribution in [2.75, 3.05) is 7.05 Å². The molecule has 1 atom stereocenters. The summed E-state index contributed by atoms with van der Waals surface area (Å²) in [5.41, 5.74) is 2.58. The number of nitrogens with one attached hydrogen (secondary N) is 1. The average Bonchev–Trinajstić information content (AvgIpc) is 2.55. The summed E-state index contributed by atoms with van der Waals surface area (Å²) in [5, 5.41) is 1.99. The number of hydrogen-bond donors (Lipinski definition) is 1. The first kappa shape index (κ1) is 11.0. The van der Waals surface area contributed by atoms with E-state index in [2.05, 4.69) is 39.2 Å². The van der Waals surface area contributed by atoms with Crippen molar-refractivity contribution in [1.82, 2.24) is 10.4 Å². The fraction of sp³-hybridized carbons (Fsp3) is 0.800. The Labute approximate surface area is 91.7 Å². The van der Waals surface area contributed by atoms with Crippen LogP contribution in [-0.2, 0) is 9.31 Å². The van der Waals surface area contributed by atoms with Gasteiger partial charge in [-0.2, -0.15) is 0 Å². The summed E-state index contributed by atoms with van der Waals surface area (Å²) in [6.07, 6.45) is 3.97. The zero-order chi connectivity index (χ0) is 11.3. The van der Waals surface area contributed by atoms with Crippen molar-refractivity contribution in [3.63, 3.8) is 0 Å². The highest BCUT2D eigenvalue weighted by Gasteiger charge is 2.54. The van der Waals surface area contributed by atoms with Gasteiger partial charge in [0, 0.05) is 13.2 Å². The first-order chi connectivity index (χ1) is 6.83. The molecule has 15 heavy (non-hydrogen) atoms. The standard InChI is InChI=1S/C10H19BN2O2/c1-9(2)10(3,4)15-11(14-9)8-6-7-12-13(8)5/h6-8,12H,1-5H3. The lowest BCUT2D eigenvalue weighted by atomic mass is 9.78. The van der Waals surface area contributed by atoms with Gasteiger partial charge in [0.1, 0.15) is 0 Å². The number of hydrogen-bond acceptors (Lipinski definition) is 4. The minimum absolute atomic E-state index is 0.144. The van der Waals surface area contributed by atoms with Gasteiger partial charge in [0.05, 0.1) is 17.1 Å². The molecule has 2 heterocycles. The minimum atomic E-state index is -0.255. The number of likely N-dealkylation sites (N-methyl/N-ethyl adjacent to an activating group) is 1. The Morgan fingerprint density at radius 2 is 1.73 bits per heavy atom. The van der Waals surface area contributed by atoms with Crippen LogP contribution in [0.1, 0.15) is 27.7 Å². The summed E-state index contributed by atoms with van der Waals surface area (Å²) in [6, 6.07) is 0. The van der Waals surface area contributed by atoms with Crippen LogP contribution in [-0.4, -0.2) is 36.3 Å². The third-order valence-electron chi connectivity index (χ3n) is 3.57. The molecule has 5 heteroatoms. The van der Waals surface area contributed by atoms with Crippen LogP contribution in [0.25, 0.3) is 0 Å². The molecule has 1 N–H and O–H groups in total. The van der Waals surface area contributed by atoms with Gasteiger partial charge in [-0.15, -0.1) is 0 Å². The number of nitrogens with zero attached hydrogens (tertiary/aromatic N) is 1. The Kier molecular flexibility index (Phi) is 2.37. The molecule has 0 aromatic carbocycles. The minimum Gasteiger partial charge on any atom is -0.402 e. The lowest BCUT2D eigenvalue weighted by molar-refractivity contribution is 0.00578. The van der Waals surface area contributed by atoms with E-state index in [1.54, 1.807) is 0 Å². The SMILES string of the molecule is CN1NC=CC1B1OC(C)(C)C(C)(C)O1. The van der Waals surface area contributed by atoms with E-state index in [-0.39, 0.29) is 24.3 Å². The molecular formula is C10H19BN2O2. The third-order valence-corrected chi connectivity index (χ3v) is 3.57. The van der Waals surface area contributed by atoms with E-state index in [9.17, 15) is 0 Å². The molecule has 4 nitrogen and oxygen atoms in total. The van der Waals surface area contributed by atoms with Gasteiger partial charge >= 0.3 is 7.12 Å². The first-order valence-electron chi connectivity index (χ1n) is 5.35. The molecule has 0 amide bonds. The predicted molar refractivity (Wildman–Crippen MR) is 59.9 cm³/mol. The molecule has 2 rings (SSSR count). The van der Waals surface area contributed by atoms with Gasteiger partial charge in [-0.1, -0.05) is 6.08 Å². The highest BCUT2D eigenvalue weighted by Crippen LogP contribution is 2.38. The summed E-state index contributed by atoms with van der Waals surface area (Å²) >= 11 is 0. The monoisotopic (exact) mass is 210 g/mol. The van der Waals surface area contributed by atoms with E-state index in [0.29, 0.717) is 0 Å². The van der Waals surface area contributed by atoms with Crippen LogP contribution in [0.15, 0.2) is 12.3 Å². The molecule has 0 aromatic heterocycles. The Morgan fingerprint density at radius 1 is 1.20 bits per heavy atom. The highest BCUT2D eigenvalue weighted by molar-refractivity contribution is 6.48. The Balaban J connectivity index is 2.12. The summed E-state index contributed by atoms with van der Waals surface area (Å²) in [4.78, 5) is 0. The van der Waals surface area contributed by atoms with Crippen molar-refractivity contribution in [3.8, 4) is 0 Å². The van der Waals surface area contributed by atoms with Crippen molar-refractivity contribution in [3.05, 3.63) is 12.3 Å². The molecule has 1 fully saturated rings. The van der Waals surface area contributed by atoms with Crippen molar-refractivity contribution in [1.29, 1.82) is 0 Å². The fourth-order valence-corrected chi connectivity index (χ4v) is 1.78. The van der Waals surface area contributed by atoms with Crippen LogP contribution in [0, 0.1) is 0 Å². The van der Waals surface area contributed by atoms with Crippen LogP contribution >= 0.6 is 0 Å². The molecule has 1 saturated heterocycles. The van der Waals surface area contributed by atoms with Crippen molar-refractivity contribution in [2.24, 2.45) is 0 Å². The smallest absolute Gasteiger partial charge is 0.402 e. The van der Waals surface area contributed by atoms with Gasteiger partial charge in [-0.3, -0.25) is 0 Å². The van der Waals surface area contributed by atoms with Crippen LogP contribution in [0.5, 0.6) is 0 Å². The van der Waals surface area contributed by atoms with Crippen LogP contribution in [0.4, 0.5) is 0 Å². The summed E-state index contributed by atoms with van der Waals surface area (Å²) < 4.78 is 11.9. The van der Waals surface area contributed by atoms with Crippen LogP contribution in [0.2, 0.25) is 0 Å². The quantitative estimate of drug-likeness (QED) is 0.653. The Bertz CT molecular complexity index is 275. The molecule has 0 aliphatic carbocycles. The molecule has 84 valence electrons. The topological polar surface area (TPSA) is 33.7 Å². The predicted octanol–water partition coefficient (Wildman–Crippen LogP) is 0.950. The first-order valence-corrected chi connectivity index (χ1v) is 5.35. The maximum absolute atomic E-state index is 5.96. The van der Waals surface area contributed by atoms with Gasteiger partial charge in [0.2, 0.25) is 0 Å². The van der Waals surface area contributed by atoms with Gasteiger partial charge in [-0.25, -0.2) is 5.01 Å². The van der Waals surface area contributed by atoms with Crippen molar-refractivity contribution in [2.45, 2.75) is 44.8 Å². The van der Waals surface area contributed by atoms with Gasteiger partial charge in [0.15, 0.2) is 0 Å². The zero-order valence-electron chi connectivity index (χ0n) is 10.1. The maximum atomic E-state index is 5.96. The summed E-state index contributed by atoms with van der Waals surface area (Å²) in [5.74, 6) is 0.144. The van der Waals surface area contributed by atoms with Crippen LogP contribution in [0.3, 0.4) is 0 Å². The summed E-state index contributed by atoms with van der Waals surface area (Å²) in [7, 11) is 1.78. The normalized spacial score (nSPS) is 33.4. The number of hydrazine groups is 1. The van der Waals surface area contributed by atoms with E-state index in [1.807, 2.05) is 18.3 Å². The average molecular weight is 210 g/mol. The third kappa shape index (κ3) is 1.69. The van der Waals surface area contributed by atoms with Gasteiger partial charge < -0.3 is 14.7 Å². The molecule has 0 radical (unpaired) electrons. The van der Waals surface area contributed by atoms with Gasteiger partial charge in [-0.05, 0) is 27.7 Å². The van der Waals surface area contributed by atoms with Crippen molar-refractivity contribution < 1.29 is 9.31 Å². The van der Waals surface area contributed by atoms with E-state index >= 15 is 0 Å². The molecule has 2 aliphatic heterocycles. The molecular weight excluding hydrogens is 191 g/mol. The van der Waals surface area contributed by atoms with Crippen molar-refractivity contribution >= 4 is 7.12 Å². The second kappa shape index (κ2) is 3.24. The van der Waals surface area contributed by atoms with Gasteiger partial charge in [0.25, 0.3) is 0 Å². The highest BCUT2D eigenvalue weighted by atomic mass is 16.7. The molecule has 1 unspecified atom stereocenters. The number of rotatable bonds is 1. The zero-order valence-corrected chi connectivity index (χ0v) is 10.1. The molecule has 0 spiro atoms. The molecule has 0 saturated carbocycles. The maximum Gasteiger partial charge on any atom is 0.482 e. The largest absolute Gasteiger partial charge is 0.482 e. The molecule has 0 aromatic rings. The Hall–Kier alpha value is -0.515. The second-order valence-corrected chi connectivity index (χ2v) is 5.21. The Morgan fingerprint density at radius 3 is 2.13 bits per heavy atom. The summed E-state index contributed by atoms with van der Waals surface area (Å²) in [6.45, 7) is 8.27. The lowest BCUT2D eigenvalue weighted by Gasteiger charge is -2.32. The van der Waals surface area contributed by atoms with E-state index in [0.717, 1.165) is 0 Å². The second-order valence-electron chi connectivity index (χ2n) is 5.21.